The summed E-state index contributed by atoms with van der Waals surface area (Å²) in [5.41, 5.74) is 14.6. The van der Waals surface area contributed by atoms with E-state index in [2.05, 4.69) is 65.1 Å². The highest BCUT2D eigenvalue weighted by Crippen LogP contribution is 2.40. The number of ether oxygens (including phenoxy) is 1. The number of aliphatic imine (C=N–C) groups is 1. The van der Waals surface area contributed by atoms with Crippen LogP contribution in [-0.2, 0) is 25.8 Å². The first-order chi connectivity index (χ1) is 15.9. The largest absolute Gasteiger partial charge is 0.491 e. The van der Waals surface area contributed by atoms with E-state index in [0.717, 1.165) is 67.3 Å². The molecule has 2 aliphatic heterocycles. The lowest BCUT2D eigenvalue weighted by molar-refractivity contribution is 0.311. The van der Waals surface area contributed by atoms with Gasteiger partial charge in [-0.3, -0.25) is 4.99 Å². The molecular formula is C27H29N5O. The van der Waals surface area contributed by atoms with Gasteiger partial charge in [0.2, 0.25) is 5.95 Å². The van der Waals surface area contributed by atoms with E-state index in [0.29, 0.717) is 12.6 Å². The number of rotatable bonds is 2. The second-order valence-electron chi connectivity index (χ2n) is 10.1. The van der Waals surface area contributed by atoms with Gasteiger partial charge in [0.25, 0.3) is 0 Å². The number of nitrogens with two attached hydrogens (primary N) is 1. The van der Waals surface area contributed by atoms with Gasteiger partial charge in [0.15, 0.2) is 0 Å². The lowest BCUT2D eigenvalue weighted by Gasteiger charge is -2.34. The molecule has 0 radical (unpaired) electrons. The molecular weight excluding hydrogens is 410 g/mol. The maximum atomic E-state index is 6.14. The van der Waals surface area contributed by atoms with E-state index in [9.17, 15) is 0 Å². The maximum Gasteiger partial charge on any atom is 0.222 e. The molecule has 1 aromatic heterocycles. The van der Waals surface area contributed by atoms with Gasteiger partial charge in [-0.05, 0) is 59.6 Å². The standard InChI is InChI=1S/C27H29N5O/c1-27(2)9-7-22-21(15-27)25(31-26(28)30-22)32-11-12-33-24-6-5-18(13-20(24)16-32)19-4-3-17-8-10-29-23(17)14-19/h3-6,10,13-14H,7-9,11-12,15-16H2,1-2H3,(H2,28,30,31). The van der Waals surface area contributed by atoms with Crippen molar-refractivity contribution in [3.05, 3.63) is 58.8 Å². The van der Waals surface area contributed by atoms with Crippen LogP contribution in [0.4, 0.5) is 17.5 Å². The number of aromatic nitrogens is 2. The number of fused-ring (bicyclic) bond motifs is 3. The van der Waals surface area contributed by atoms with Crippen LogP contribution in [0.2, 0.25) is 0 Å². The second kappa shape index (κ2) is 7.58. The molecule has 0 amide bonds. The minimum Gasteiger partial charge on any atom is -0.491 e. The number of hydrogen-bond acceptors (Lipinski definition) is 6. The molecule has 0 saturated heterocycles. The van der Waals surface area contributed by atoms with Gasteiger partial charge in [0.1, 0.15) is 18.2 Å². The predicted octanol–water partition coefficient (Wildman–Crippen LogP) is 4.90. The highest BCUT2D eigenvalue weighted by molar-refractivity contribution is 5.79. The zero-order chi connectivity index (χ0) is 22.6. The first-order valence-electron chi connectivity index (χ1n) is 11.8. The zero-order valence-corrected chi connectivity index (χ0v) is 19.3. The Morgan fingerprint density at radius 1 is 1.03 bits per heavy atom. The highest BCUT2D eigenvalue weighted by Gasteiger charge is 2.31. The summed E-state index contributed by atoms with van der Waals surface area (Å²) in [4.78, 5) is 16.2. The van der Waals surface area contributed by atoms with Crippen LogP contribution in [-0.4, -0.2) is 29.3 Å². The summed E-state index contributed by atoms with van der Waals surface area (Å²) < 4.78 is 6.14. The predicted molar refractivity (Wildman–Crippen MR) is 133 cm³/mol. The molecule has 168 valence electrons. The Balaban J connectivity index is 1.37. The molecule has 2 N–H and O–H groups in total. The van der Waals surface area contributed by atoms with E-state index in [1.807, 2.05) is 6.21 Å². The van der Waals surface area contributed by atoms with Gasteiger partial charge >= 0.3 is 0 Å². The zero-order valence-electron chi connectivity index (χ0n) is 19.3. The maximum absolute atomic E-state index is 6.14. The van der Waals surface area contributed by atoms with E-state index >= 15 is 0 Å². The van der Waals surface area contributed by atoms with Crippen molar-refractivity contribution in [3.8, 4) is 16.9 Å². The summed E-state index contributed by atoms with van der Waals surface area (Å²) in [7, 11) is 0. The number of aryl methyl sites for hydroxylation is 1. The quantitative estimate of drug-likeness (QED) is 0.615. The molecule has 1 aliphatic carbocycles. The number of hydrogen-bond donors (Lipinski definition) is 1. The third-order valence-electron chi connectivity index (χ3n) is 7.08. The Labute approximate surface area is 194 Å². The van der Waals surface area contributed by atoms with Crippen molar-refractivity contribution in [2.75, 3.05) is 23.8 Å². The minimum absolute atomic E-state index is 0.241. The van der Waals surface area contributed by atoms with Gasteiger partial charge < -0.3 is 15.4 Å². The molecule has 3 aliphatic rings. The summed E-state index contributed by atoms with van der Waals surface area (Å²) in [6, 6.07) is 13.0. The van der Waals surface area contributed by atoms with E-state index in [1.165, 1.54) is 22.3 Å². The summed E-state index contributed by atoms with van der Waals surface area (Å²) in [6.45, 7) is 6.76. The molecule has 6 rings (SSSR count). The summed E-state index contributed by atoms with van der Waals surface area (Å²) in [5.74, 6) is 2.27. The van der Waals surface area contributed by atoms with E-state index in [-0.39, 0.29) is 5.41 Å². The van der Waals surface area contributed by atoms with Gasteiger partial charge in [-0.1, -0.05) is 32.0 Å². The number of anilines is 2. The van der Waals surface area contributed by atoms with Crippen molar-refractivity contribution in [1.82, 2.24) is 9.97 Å². The molecule has 3 heterocycles. The van der Waals surface area contributed by atoms with Gasteiger partial charge in [0.05, 0.1) is 17.9 Å². The van der Waals surface area contributed by atoms with Gasteiger partial charge in [-0.25, -0.2) is 4.98 Å². The minimum atomic E-state index is 0.241. The average molecular weight is 440 g/mol. The smallest absolute Gasteiger partial charge is 0.222 e. The van der Waals surface area contributed by atoms with E-state index in [4.69, 9.17) is 15.5 Å². The van der Waals surface area contributed by atoms with Crippen LogP contribution in [0.5, 0.6) is 5.75 Å². The van der Waals surface area contributed by atoms with Crippen molar-refractivity contribution in [1.29, 1.82) is 0 Å². The van der Waals surface area contributed by atoms with Gasteiger partial charge in [-0.2, -0.15) is 4.98 Å². The Morgan fingerprint density at radius 3 is 2.79 bits per heavy atom. The van der Waals surface area contributed by atoms with Crippen LogP contribution < -0.4 is 15.4 Å². The van der Waals surface area contributed by atoms with Crippen LogP contribution >= 0.6 is 0 Å². The molecule has 0 spiro atoms. The van der Waals surface area contributed by atoms with Gasteiger partial charge in [-0.15, -0.1) is 0 Å². The number of nitrogen functional groups attached to an aromatic ring is 1. The van der Waals surface area contributed by atoms with E-state index in [1.54, 1.807) is 0 Å². The Hall–Kier alpha value is -3.41. The van der Waals surface area contributed by atoms with Gasteiger partial charge in [0, 0.05) is 30.3 Å². The van der Waals surface area contributed by atoms with Crippen molar-refractivity contribution >= 4 is 23.7 Å². The summed E-state index contributed by atoms with van der Waals surface area (Å²) >= 11 is 0. The van der Waals surface area contributed by atoms with Crippen LogP contribution in [0.3, 0.4) is 0 Å². The fraction of sp³-hybridized carbons (Fsp3) is 0.370. The van der Waals surface area contributed by atoms with Crippen LogP contribution in [0.15, 0.2) is 41.4 Å². The summed E-state index contributed by atoms with van der Waals surface area (Å²) in [6.07, 6.45) is 5.94. The third kappa shape index (κ3) is 3.73. The molecule has 6 heteroatoms. The molecule has 0 saturated carbocycles. The second-order valence-corrected chi connectivity index (χ2v) is 10.1. The molecule has 0 bridgehead atoms. The Kier molecular flexibility index (Phi) is 4.64. The third-order valence-corrected chi connectivity index (χ3v) is 7.08. The van der Waals surface area contributed by atoms with Crippen LogP contribution in [0.1, 0.15) is 42.7 Å². The first kappa shape index (κ1) is 20.2. The topological polar surface area (TPSA) is 76.6 Å². The molecule has 3 aromatic rings. The van der Waals surface area contributed by atoms with Crippen molar-refractivity contribution in [3.63, 3.8) is 0 Å². The van der Waals surface area contributed by atoms with Crippen molar-refractivity contribution < 1.29 is 4.74 Å². The number of benzene rings is 2. The lowest BCUT2D eigenvalue weighted by Crippen LogP contribution is -2.31. The summed E-state index contributed by atoms with van der Waals surface area (Å²) in [5, 5.41) is 0. The molecule has 0 fully saturated rings. The average Bonchev–Trinajstić information content (AvgIpc) is 3.16. The van der Waals surface area contributed by atoms with E-state index < -0.39 is 0 Å². The van der Waals surface area contributed by atoms with Crippen LogP contribution in [0, 0.1) is 5.41 Å². The fourth-order valence-corrected chi connectivity index (χ4v) is 5.24. The SMILES string of the molecule is CC1(C)CCc2nc(N)nc(N3CCOc4ccc(-c5ccc6c(c5)N=CC6)cc4C3)c2C1. The highest BCUT2D eigenvalue weighted by atomic mass is 16.5. The van der Waals surface area contributed by atoms with Crippen molar-refractivity contribution in [2.24, 2.45) is 10.4 Å². The van der Waals surface area contributed by atoms with Crippen molar-refractivity contribution in [2.45, 2.75) is 46.1 Å². The first-order valence-corrected chi connectivity index (χ1v) is 11.8. The fourth-order valence-electron chi connectivity index (χ4n) is 5.24. The molecule has 33 heavy (non-hydrogen) atoms. The molecule has 0 unspecified atom stereocenters. The molecule has 0 atom stereocenters. The number of nitrogens with zero attached hydrogens (tertiary/aromatic N) is 4. The monoisotopic (exact) mass is 439 g/mol. The Bertz CT molecular complexity index is 1280. The Morgan fingerprint density at radius 2 is 1.88 bits per heavy atom. The normalized spacial score (nSPS) is 18.2. The molecule has 6 nitrogen and oxygen atoms in total. The van der Waals surface area contributed by atoms with Crippen LogP contribution in [0.25, 0.3) is 11.1 Å². The lowest BCUT2D eigenvalue weighted by atomic mass is 9.76. The molecule has 2 aromatic carbocycles.